The molecule has 0 unspecified atom stereocenters. The van der Waals surface area contributed by atoms with E-state index in [0.717, 1.165) is 6.42 Å². The summed E-state index contributed by atoms with van der Waals surface area (Å²) >= 11 is 1.66. The van der Waals surface area contributed by atoms with Crippen molar-refractivity contribution in [1.29, 1.82) is 0 Å². The maximum atomic E-state index is 4.22. The highest BCUT2D eigenvalue weighted by molar-refractivity contribution is 8.14. The molecule has 0 aromatic carbocycles. The molecule has 11 heavy (non-hydrogen) atoms. The minimum atomic E-state index is 0.415. The smallest absolute Gasteiger partial charge is 0.0586 e. The van der Waals surface area contributed by atoms with Gasteiger partial charge in [0.25, 0.3) is 0 Å². The summed E-state index contributed by atoms with van der Waals surface area (Å²) in [6.45, 7) is 8.45. The molecule has 0 aliphatic rings. The minimum Gasteiger partial charge on any atom is -0.283 e. The summed E-state index contributed by atoms with van der Waals surface area (Å²) in [6, 6.07) is 0.415. The third kappa shape index (κ3) is 7.66. The highest BCUT2D eigenvalue weighted by Gasteiger charge is 1.83. The van der Waals surface area contributed by atoms with Crippen LogP contribution in [-0.2, 0) is 0 Å². The quantitative estimate of drug-likeness (QED) is 0.466. The second-order valence-electron chi connectivity index (χ2n) is 2.80. The summed E-state index contributed by atoms with van der Waals surface area (Å²) in [5, 5.41) is 2.14. The molecule has 0 aromatic heterocycles. The summed E-state index contributed by atoms with van der Waals surface area (Å²) in [7, 11) is 0. The lowest BCUT2D eigenvalue weighted by atomic mass is 10.3. The van der Waals surface area contributed by atoms with Gasteiger partial charge in [-0.1, -0.05) is 24.3 Å². The highest BCUT2D eigenvalue weighted by Crippen LogP contribution is 2.06. The second-order valence-corrected chi connectivity index (χ2v) is 3.52. The van der Waals surface area contributed by atoms with Gasteiger partial charge in [-0.15, -0.1) is 0 Å². The number of aliphatic imine (C=N–C) groups is 1. The van der Waals surface area contributed by atoms with Crippen molar-refractivity contribution in [2.24, 2.45) is 4.99 Å². The van der Waals surface area contributed by atoms with Gasteiger partial charge in [-0.3, -0.25) is 4.99 Å². The first-order chi connectivity index (χ1) is 5.16. The van der Waals surface area contributed by atoms with Crippen LogP contribution in [0.25, 0.3) is 0 Å². The summed E-state index contributed by atoms with van der Waals surface area (Å²) in [5.41, 5.74) is 3.31. The van der Waals surface area contributed by atoms with E-state index in [1.165, 1.54) is 5.57 Å². The Morgan fingerprint density at radius 2 is 2.18 bits per heavy atom. The summed E-state index contributed by atoms with van der Waals surface area (Å²) in [6.07, 6.45) is 1.13. The molecule has 0 saturated carbocycles. The number of thioether (sulfide) groups is 1. The van der Waals surface area contributed by atoms with E-state index in [9.17, 15) is 0 Å². The summed E-state index contributed by atoms with van der Waals surface area (Å²) < 4.78 is 0. The first-order valence-electron chi connectivity index (χ1n) is 3.99. The standard InChI is InChI=1S/C9H17NS/c1-5-9(4)6-11-7-10-8(2)3/h6-8H,5H2,1-4H3/b9-6+,10-7-. The molecular weight excluding hydrogens is 154 g/mol. The maximum absolute atomic E-state index is 4.22. The van der Waals surface area contributed by atoms with Crippen LogP contribution in [0, 0.1) is 0 Å². The first-order valence-corrected chi connectivity index (χ1v) is 4.93. The van der Waals surface area contributed by atoms with E-state index in [0.29, 0.717) is 6.04 Å². The van der Waals surface area contributed by atoms with Crippen LogP contribution in [0.4, 0.5) is 0 Å². The van der Waals surface area contributed by atoms with Crippen molar-refractivity contribution in [3.63, 3.8) is 0 Å². The van der Waals surface area contributed by atoms with Gasteiger partial charge in [0.1, 0.15) is 0 Å². The van der Waals surface area contributed by atoms with Crippen LogP contribution in [-0.4, -0.2) is 11.6 Å². The Balaban J connectivity index is 3.55. The highest BCUT2D eigenvalue weighted by atomic mass is 32.2. The Morgan fingerprint density at radius 1 is 1.55 bits per heavy atom. The molecule has 0 aliphatic carbocycles. The predicted octanol–water partition coefficient (Wildman–Crippen LogP) is 3.47. The largest absolute Gasteiger partial charge is 0.283 e. The summed E-state index contributed by atoms with van der Waals surface area (Å²) in [4.78, 5) is 4.22. The van der Waals surface area contributed by atoms with Crippen molar-refractivity contribution in [3.05, 3.63) is 11.0 Å². The molecule has 2 heteroatoms. The van der Waals surface area contributed by atoms with Crippen LogP contribution in [0.2, 0.25) is 0 Å². The average molecular weight is 171 g/mol. The van der Waals surface area contributed by atoms with Gasteiger partial charge in [-0.2, -0.15) is 0 Å². The molecule has 0 heterocycles. The Kier molecular flexibility index (Phi) is 6.33. The predicted molar refractivity (Wildman–Crippen MR) is 55.3 cm³/mol. The Morgan fingerprint density at radius 3 is 2.64 bits per heavy atom. The normalized spacial score (nSPS) is 13.4. The molecule has 0 aliphatic heterocycles. The third-order valence-corrected chi connectivity index (χ3v) is 2.03. The van der Waals surface area contributed by atoms with Gasteiger partial charge in [-0.25, -0.2) is 0 Å². The fraction of sp³-hybridized carbons (Fsp3) is 0.667. The number of hydrogen-bond acceptors (Lipinski definition) is 2. The fourth-order valence-electron chi connectivity index (χ4n) is 0.387. The molecule has 0 fully saturated rings. The number of rotatable bonds is 4. The lowest BCUT2D eigenvalue weighted by Gasteiger charge is -1.93. The molecule has 0 aromatic rings. The van der Waals surface area contributed by atoms with Gasteiger partial charge in [-0.05, 0) is 32.6 Å². The van der Waals surface area contributed by atoms with Gasteiger partial charge < -0.3 is 0 Å². The molecule has 0 rings (SSSR count). The Labute approximate surface area is 74.0 Å². The molecule has 0 N–H and O–H groups in total. The van der Waals surface area contributed by atoms with E-state index in [-0.39, 0.29) is 0 Å². The van der Waals surface area contributed by atoms with Crippen molar-refractivity contribution in [2.75, 3.05) is 0 Å². The molecule has 0 saturated heterocycles. The SMILES string of the molecule is CC/C(C)=C/S/C=N\C(C)C. The van der Waals surface area contributed by atoms with Crippen LogP contribution in [0.1, 0.15) is 34.1 Å². The van der Waals surface area contributed by atoms with Gasteiger partial charge in [0.05, 0.1) is 5.55 Å². The summed E-state index contributed by atoms with van der Waals surface area (Å²) in [5.74, 6) is 0. The zero-order chi connectivity index (χ0) is 8.69. The lowest BCUT2D eigenvalue weighted by molar-refractivity contribution is 0.843. The van der Waals surface area contributed by atoms with E-state index < -0.39 is 0 Å². The van der Waals surface area contributed by atoms with Gasteiger partial charge >= 0.3 is 0 Å². The molecular formula is C9H17NS. The minimum absolute atomic E-state index is 0.415. The van der Waals surface area contributed by atoms with Crippen LogP contribution in [0.3, 0.4) is 0 Å². The maximum Gasteiger partial charge on any atom is 0.0586 e. The topological polar surface area (TPSA) is 12.4 Å². The lowest BCUT2D eigenvalue weighted by Crippen LogP contribution is -1.85. The zero-order valence-corrected chi connectivity index (χ0v) is 8.61. The third-order valence-electron chi connectivity index (χ3n) is 1.25. The van der Waals surface area contributed by atoms with Gasteiger partial charge in [0.15, 0.2) is 0 Å². The fourth-order valence-corrected chi connectivity index (χ4v) is 1.16. The van der Waals surface area contributed by atoms with Crippen LogP contribution < -0.4 is 0 Å². The molecule has 0 atom stereocenters. The van der Waals surface area contributed by atoms with Gasteiger partial charge in [0.2, 0.25) is 0 Å². The number of allylic oxidation sites excluding steroid dienone is 1. The molecule has 1 nitrogen and oxygen atoms in total. The van der Waals surface area contributed by atoms with Crippen molar-refractivity contribution >= 4 is 17.3 Å². The van der Waals surface area contributed by atoms with E-state index in [4.69, 9.17) is 0 Å². The molecule has 0 bridgehead atoms. The van der Waals surface area contributed by atoms with Gasteiger partial charge in [0, 0.05) is 6.04 Å². The number of nitrogens with zero attached hydrogens (tertiary/aromatic N) is 1. The Bertz CT molecular complexity index is 148. The van der Waals surface area contributed by atoms with E-state index >= 15 is 0 Å². The molecule has 64 valence electrons. The molecule has 0 radical (unpaired) electrons. The van der Waals surface area contributed by atoms with Crippen LogP contribution >= 0.6 is 11.8 Å². The van der Waals surface area contributed by atoms with Crippen molar-refractivity contribution < 1.29 is 0 Å². The Hall–Kier alpha value is -0.240. The van der Waals surface area contributed by atoms with Crippen molar-refractivity contribution in [2.45, 2.75) is 40.2 Å². The first kappa shape index (κ1) is 10.8. The van der Waals surface area contributed by atoms with Crippen molar-refractivity contribution in [3.8, 4) is 0 Å². The average Bonchev–Trinajstić information content (AvgIpc) is 1.97. The molecule has 0 spiro atoms. The molecule has 0 amide bonds. The zero-order valence-electron chi connectivity index (χ0n) is 7.79. The van der Waals surface area contributed by atoms with Crippen LogP contribution in [0.5, 0.6) is 0 Å². The monoisotopic (exact) mass is 171 g/mol. The second kappa shape index (κ2) is 6.47. The number of hydrogen-bond donors (Lipinski definition) is 0. The van der Waals surface area contributed by atoms with E-state index in [2.05, 4.69) is 38.1 Å². The van der Waals surface area contributed by atoms with Crippen LogP contribution in [0.15, 0.2) is 16.0 Å². The van der Waals surface area contributed by atoms with Crippen molar-refractivity contribution in [1.82, 2.24) is 0 Å². The van der Waals surface area contributed by atoms with E-state index in [1.54, 1.807) is 11.8 Å². The van der Waals surface area contributed by atoms with E-state index in [1.807, 2.05) is 5.55 Å².